The summed E-state index contributed by atoms with van der Waals surface area (Å²) in [5, 5.41) is 0.479. The molecule has 0 aliphatic carbocycles. The first-order chi connectivity index (χ1) is 5.65. The molecule has 12 heavy (non-hydrogen) atoms. The van der Waals surface area contributed by atoms with Crippen molar-refractivity contribution in [3.05, 3.63) is 40.2 Å². The lowest BCUT2D eigenvalue weighted by Gasteiger charge is -1.98. The third kappa shape index (κ3) is 1.63. The molecule has 0 unspecified atom stereocenters. The normalized spacial score (nSPS) is 9.08. The Hall–Kier alpha value is -1.33. The molecule has 0 radical (unpaired) electrons. The molecule has 60 valence electrons. The molecular formula is C9H6ClNO. The maximum absolute atomic E-state index is 11.0. The second-order valence-electron chi connectivity index (χ2n) is 2.33. The largest absolute Gasteiger partial charge is 0.296 e. The highest BCUT2D eigenvalue weighted by molar-refractivity contribution is 6.31. The third-order valence-electron chi connectivity index (χ3n) is 1.46. The van der Waals surface area contributed by atoms with E-state index in [1.807, 2.05) is 0 Å². The number of benzene rings is 1. The molecule has 0 aliphatic heterocycles. The molecule has 0 aromatic heterocycles. The highest BCUT2D eigenvalue weighted by atomic mass is 35.5. The summed E-state index contributed by atoms with van der Waals surface area (Å²) in [7, 11) is 0. The number of halogens is 1. The van der Waals surface area contributed by atoms with Gasteiger partial charge in [-0.05, 0) is 13.0 Å². The van der Waals surface area contributed by atoms with Crippen molar-refractivity contribution < 1.29 is 4.79 Å². The van der Waals surface area contributed by atoms with Crippen LogP contribution < -0.4 is 0 Å². The monoisotopic (exact) mass is 179 g/mol. The van der Waals surface area contributed by atoms with Crippen molar-refractivity contribution >= 4 is 23.1 Å². The summed E-state index contributed by atoms with van der Waals surface area (Å²) in [5.74, 6) is -0.136. The van der Waals surface area contributed by atoms with E-state index in [1.165, 1.54) is 13.0 Å². The fourth-order valence-corrected chi connectivity index (χ4v) is 1.06. The predicted molar refractivity (Wildman–Crippen MR) is 47.7 cm³/mol. The first-order valence-corrected chi connectivity index (χ1v) is 3.71. The van der Waals surface area contributed by atoms with Gasteiger partial charge in [-0.2, -0.15) is 0 Å². The van der Waals surface area contributed by atoms with Gasteiger partial charge in [0.2, 0.25) is 0 Å². The van der Waals surface area contributed by atoms with Crippen molar-refractivity contribution in [2.75, 3.05) is 0 Å². The van der Waals surface area contributed by atoms with Crippen molar-refractivity contribution in [1.82, 2.24) is 0 Å². The summed E-state index contributed by atoms with van der Waals surface area (Å²) in [6.07, 6.45) is 0. The summed E-state index contributed by atoms with van der Waals surface area (Å²) >= 11 is 5.66. The Morgan fingerprint density at radius 2 is 2.25 bits per heavy atom. The summed E-state index contributed by atoms with van der Waals surface area (Å²) in [4.78, 5) is 14.2. The van der Waals surface area contributed by atoms with Crippen molar-refractivity contribution in [1.29, 1.82) is 0 Å². The number of rotatable bonds is 1. The number of hydrogen-bond donors (Lipinski definition) is 0. The van der Waals surface area contributed by atoms with Gasteiger partial charge in [-0.3, -0.25) is 4.79 Å². The van der Waals surface area contributed by atoms with Gasteiger partial charge in [0.1, 0.15) is 5.78 Å². The molecule has 0 heterocycles. The van der Waals surface area contributed by atoms with Gasteiger partial charge < -0.3 is 0 Å². The first kappa shape index (κ1) is 8.76. The lowest BCUT2D eigenvalue weighted by Crippen LogP contribution is -1.91. The lowest BCUT2D eigenvalue weighted by atomic mass is 10.1. The molecule has 0 amide bonds. The van der Waals surface area contributed by atoms with Gasteiger partial charge in [-0.15, -0.1) is 0 Å². The number of carbonyl (C=O) groups excluding carboxylic acids is 1. The first-order valence-electron chi connectivity index (χ1n) is 3.33. The zero-order valence-corrected chi connectivity index (χ0v) is 7.22. The minimum absolute atomic E-state index is 0.136. The molecule has 0 fully saturated rings. The number of carbonyl (C=O) groups is 1. The van der Waals surface area contributed by atoms with Crippen molar-refractivity contribution in [2.24, 2.45) is 0 Å². The van der Waals surface area contributed by atoms with E-state index in [-0.39, 0.29) is 5.78 Å². The van der Waals surface area contributed by atoms with Crippen molar-refractivity contribution in [3.8, 4) is 0 Å². The van der Waals surface area contributed by atoms with Crippen LogP contribution in [-0.4, -0.2) is 5.78 Å². The minimum Gasteiger partial charge on any atom is -0.296 e. The predicted octanol–water partition coefficient (Wildman–Crippen LogP) is 3.09. The van der Waals surface area contributed by atoms with Gasteiger partial charge in [-0.1, -0.05) is 23.7 Å². The number of Topliss-reactive ketones (excluding diaryl/α,β-unsaturated/α-hetero) is 1. The van der Waals surface area contributed by atoms with Crippen molar-refractivity contribution in [2.45, 2.75) is 6.92 Å². The van der Waals surface area contributed by atoms with Crippen LogP contribution in [0.15, 0.2) is 18.2 Å². The van der Waals surface area contributed by atoms with Crippen LogP contribution in [0.1, 0.15) is 17.3 Å². The highest BCUT2D eigenvalue weighted by Crippen LogP contribution is 2.23. The average Bonchev–Trinajstić information content (AvgIpc) is 2.04. The molecule has 1 aromatic carbocycles. The van der Waals surface area contributed by atoms with E-state index >= 15 is 0 Å². The Bertz CT molecular complexity index is 365. The molecule has 0 aliphatic rings. The molecule has 1 rings (SSSR count). The van der Waals surface area contributed by atoms with Gasteiger partial charge in [0.25, 0.3) is 0 Å². The number of ketones is 1. The van der Waals surface area contributed by atoms with Crippen LogP contribution in [0.3, 0.4) is 0 Å². The summed E-state index contributed by atoms with van der Waals surface area (Å²) in [5.41, 5.74) is 0.740. The van der Waals surface area contributed by atoms with E-state index in [0.717, 1.165) is 0 Å². The smallest absolute Gasteiger partial charge is 0.197 e. The average molecular weight is 180 g/mol. The molecule has 0 N–H and O–H groups in total. The van der Waals surface area contributed by atoms with Gasteiger partial charge in [0.15, 0.2) is 5.69 Å². The van der Waals surface area contributed by atoms with Crippen LogP contribution in [0.25, 0.3) is 4.85 Å². The molecule has 0 bridgehead atoms. The lowest BCUT2D eigenvalue weighted by molar-refractivity contribution is 0.101. The Morgan fingerprint density at radius 1 is 1.58 bits per heavy atom. The van der Waals surface area contributed by atoms with Crippen LogP contribution in [0.4, 0.5) is 5.69 Å². The summed E-state index contributed by atoms with van der Waals surface area (Å²) in [6, 6.07) is 4.66. The van der Waals surface area contributed by atoms with Crippen molar-refractivity contribution in [3.63, 3.8) is 0 Å². The molecule has 3 heteroatoms. The van der Waals surface area contributed by atoms with E-state index in [4.69, 9.17) is 18.2 Å². The second-order valence-corrected chi connectivity index (χ2v) is 2.77. The Balaban J connectivity index is 3.34. The highest BCUT2D eigenvalue weighted by Gasteiger charge is 2.06. The Morgan fingerprint density at radius 3 is 2.75 bits per heavy atom. The molecule has 1 aromatic rings. The van der Waals surface area contributed by atoms with Crippen LogP contribution in [0, 0.1) is 6.57 Å². The molecule has 0 saturated heterocycles. The van der Waals surface area contributed by atoms with E-state index in [1.54, 1.807) is 12.1 Å². The van der Waals surface area contributed by atoms with Crippen LogP contribution in [-0.2, 0) is 0 Å². The summed E-state index contributed by atoms with van der Waals surface area (Å²) in [6.45, 7) is 8.20. The molecular weight excluding hydrogens is 174 g/mol. The standard InChI is InChI=1S/C9H6ClNO/c1-6(12)8-5-7(10)3-4-9(8)11-2/h3-5H,1H3. The maximum Gasteiger partial charge on any atom is 0.197 e. The zero-order valence-electron chi connectivity index (χ0n) is 6.47. The van der Waals surface area contributed by atoms with E-state index in [2.05, 4.69) is 4.85 Å². The van der Waals surface area contributed by atoms with Gasteiger partial charge in [0.05, 0.1) is 6.57 Å². The second kappa shape index (κ2) is 3.38. The molecule has 0 spiro atoms. The third-order valence-corrected chi connectivity index (χ3v) is 1.69. The maximum atomic E-state index is 11.0. The topological polar surface area (TPSA) is 21.4 Å². The fraction of sp³-hybridized carbons (Fsp3) is 0.111. The van der Waals surface area contributed by atoms with Gasteiger partial charge >= 0.3 is 0 Å². The number of nitrogens with zero attached hydrogens (tertiary/aromatic N) is 1. The zero-order chi connectivity index (χ0) is 9.14. The minimum atomic E-state index is -0.136. The van der Waals surface area contributed by atoms with E-state index < -0.39 is 0 Å². The SMILES string of the molecule is [C-]#[N+]c1ccc(Cl)cc1C(C)=O. The van der Waals surface area contributed by atoms with Crippen LogP contribution >= 0.6 is 11.6 Å². The molecule has 2 nitrogen and oxygen atoms in total. The fourth-order valence-electron chi connectivity index (χ4n) is 0.888. The quantitative estimate of drug-likeness (QED) is 0.480. The van der Waals surface area contributed by atoms with E-state index in [9.17, 15) is 4.79 Å². The van der Waals surface area contributed by atoms with Crippen LogP contribution in [0.5, 0.6) is 0 Å². The van der Waals surface area contributed by atoms with Gasteiger partial charge in [0, 0.05) is 10.6 Å². The van der Waals surface area contributed by atoms with Crippen LogP contribution in [0.2, 0.25) is 5.02 Å². The number of hydrogen-bond acceptors (Lipinski definition) is 1. The molecule has 0 saturated carbocycles. The van der Waals surface area contributed by atoms with E-state index in [0.29, 0.717) is 16.3 Å². The van der Waals surface area contributed by atoms with Gasteiger partial charge in [-0.25, -0.2) is 4.85 Å². The Kier molecular flexibility index (Phi) is 2.47. The Labute approximate surface area is 75.6 Å². The molecule has 0 atom stereocenters. The summed E-state index contributed by atoms with van der Waals surface area (Å²) < 4.78 is 0.